The van der Waals surface area contributed by atoms with Gasteiger partial charge < -0.3 is 10.1 Å². The maximum atomic E-state index is 11.6. The molecule has 2 rings (SSSR count). The molecular formula is C14H15Cl2N3O2. The van der Waals surface area contributed by atoms with E-state index in [1.165, 1.54) is 0 Å². The van der Waals surface area contributed by atoms with Crippen molar-refractivity contribution in [1.29, 1.82) is 0 Å². The Bertz CT molecular complexity index is 584. The summed E-state index contributed by atoms with van der Waals surface area (Å²) in [4.78, 5) is 11.6. The summed E-state index contributed by atoms with van der Waals surface area (Å²) in [5, 5.41) is 8.07. The number of aryl methyl sites for hydroxylation is 1. The molecule has 1 heterocycles. The number of carbonyl (C=O) groups is 1. The summed E-state index contributed by atoms with van der Waals surface area (Å²) in [6.07, 6.45) is 4.10. The van der Waals surface area contributed by atoms with E-state index in [1.54, 1.807) is 41.3 Å². The van der Waals surface area contributed by atoms with E-state index in [9.17, 15) is 4.79 Å². The Morgan fingerprint density at radius 2 is 2.00 bits per heavy atom. The second kappa shape index (κ2) is 7.90. The third-order valence-electron chi connectivity index (χ3n) is 2.67. The Balaban J connectivity index is 1.60. The van der Waals surface area contributed by atoms with Crippen molar-refractivity contribution in [3.8, 4) is 5.75 Å². The predicted octanol–water partition coefficient (Wildman–Crippen LogP) is 2.78. The molecule has 1 aromatic heterocycles. The highest BCUT2D eigenvalue weighted by atomic mass is 35.5. The van der Waals surface area contributed by atoms with Gasteiger partial charge >= 0.3 is 0 Å². The van der Waals surface area contributed by atoms with E-state index in [4.69, 9.17) is 27.9 Å². The fourth-order valence-electron chi connectivity index (χ4n) is 1.66. The van der Waals surface area contributed by atoms with E-state index >= 15 is 0 Å². The SMILES string of the molecule is O=C(COc1ccc(Cl)cc1)NCCCn1cc(Cl)cn1. The largest absolute Gasteiger partial charge is 0.484 e. The van der Waals surface area contributed by atoms with E-state index in [1.807, 2.05) is 0 Å². The number of benzene rings is 1. The van der Waals surface area contributed by atoms with Crippen molar-refractivity contribution in [1.82, 2.24) is 15.1 Å². The molecule has 0 aliphatic carbocycles. The van der Waals surface area contributed by atoms with Crippen LogP contribution in [0.2, 0.25) is 10.0 Å². The first-order valence-corrected chi connectivity index (χ1v) is 7.22. The summed E-state index contributed by atoms with van der Waals surface area (Å²) < 4.78 is 7.07. The van der Waals surface area contributed by atoms with Crippen LogP contribution in [0.3, 0.4) is 0 Å². The number of hydrogen-bond donors (Lipinski definition) is 1. The third-order valence-corrected chi connectivity index (χ3v) is 3.12. The summed E-state index contributed by atoms with van der Waals surface area (Å²) in [6.45, 7) is 1.24. The molecular weight excluding hydrogens is 313 g/mol. The third kappa shape index (κ3) is 5.65. The van der Waals surface area contributed by atoms with Gasteiger partial charge in [-0.1, -0.05) is 23.2 Å². The van der Waals surface area contributed by atoms with Gasteiger partial charge in [-0.15, -0.1) is 0 Å². The minimum Gasteiger partial charge on any atom is -0.484 e. The van der Waals surface area contributed by atoms with Crippen molar-refractivity contribution >= 4 is 29.1 Å². The second-order valence-electron chi connectivity index (χ2n) is 4.37. The van der Waals surface area contributed by atoms with Crippen LogP contribution >= 0.6 is 23.2 Å². The van der Waals surface area contributed by atoms with Gasteiger partial charge in [0.1, 0.15) is 5.75 Å². The van der Waals surface area contributed by atoms with Crippen molar-refractivity contribution < 1.29 is 9.53 Å². The summed E-state index contributed by atoms with van der Waals surface area (Å²) in [5.41, 5.74) is 0. The number of hydrogen-bond acceptors (Lipinski definition) is 3. The minimum atomic E-state index is -0.163. The molecule has 0 aliphatic rings. The van der Waals surface area contributed by atoms with E-state index in [0.29, 0.717) is 28.9 Å². The first-order chi connectivity index (χ1) is 10.1. The molecule has 0 saturated carbocycles. The van der Waals surface area contributed by atoms with Crippen LogP contribution in [0, 0.1) is 0 Å². The summed E-state index contributed by atoms with van der Waals surface area (Å²) in [6, 6.07) is 6.86. The number of carbonyl (C=O) groups excluding carboxylic acids is 1. The lowest BCUT2D eigenvalue weighted by Gasteiger charge is -2.07. The molecule has 21 heavy (non-hydrogen) atoms. The molecule has 0 saturated heterocycles. The van der Waals surface area contributed by atoms with Crippen molar-refractivity contribution in [3.05, 3.63) is 46.7 Å². The van der Waals surface area contributed by atoms with Gasteiger partial charge in [0.15, 0.2) is 6.61 Å². The first-order valence-electron chi connectivity index (χ1n) is 6.46. The fourth-order valence-corrected chi connectivity index (χ4v) is 1.94. The van der Waals surface area contributed by atoms with Gasteiger partial charge in [0.2, 0.25) is 0 Å². The lowest BCUT2D eigenvalue weighted by molar-refractivity contribution is -0.123. The van der Waals surface area contributed by atoms with E-state index in [0.717, 1.165) is 6.42 Å². The lowest BCUT2D eigenvalue weighted by atomic mass is 10.3. The normalized spacial score (nSPS) is 10.4. The highest BCUT2D eigenvalue weighted by Gasteiger charge is 2.02. The Hall–Kier alpha value is -1.72. The molecule has 1 N–H and O–H groups in total. The van der Waals surface area contributed by atoms with Crippen LogP contribution < -0.4 is 10.1 Å². The quantitative estimate of drug-likeness (QED) is 0.795. The highest BCUT2D eigenvalue weighted by molar-refractivity contribution is 6.30. The molecule has 1 amide bonds. The van der Waals surface area contributed by atoms with Crippen molar-refractivity contribution in [3.63, 3.8) is 0 Å². The molecule has 112 valence electrons. The van der Waals surface area contributed by atoms with E-state index in [2.05, 4.69) is 10.4 Å². The van der Waals surface area contributed by atoms with Crippen LogP contribution in [0.15, 0.2) is 36.7 Å². The number of amides is 1. The average molecular weight is 328 g/mol. The van der Waals surface area contributed by atoms with Gasteiger partial charge in [-0.3, -0.25) is 9.48 Å². The number of nitrogens with zero attached hydrogens (tertiary/aromatic N) is 2. The molecule has 5 nitrogen and oxygen atoms in total. The van der Waals surface area contributed by atoms with Crippen molar-refractivity contribution in [2.75, 3.05) is 13.2 Å². The predicted molar refractivity (Wildman–Crippen MR) is 81.8 cm³/mol. The van der Waals surface area contributed by atoms with Crippen LogP contribution in [-0.2, 0) is 11.3 Å². The molecule has 7 heteroatoms. The van der Waals surface area contributed by atoms with Gasteiger partial charge in [-0.25, -0.2) is 0 Å². The van der Waals surface area contributed by atoms with Crippen LogP contribution in [0.4, 0.5) is 0 Å². The molecule has 0 spiro atoms. The molecule has 0 aliphatic heterocycles. The highest BCUT2D eigenvalue weighted by Crippen LogP contribution is 2.15. The fraction of sp³-hybridized carbons (Fsp3) is 0.286. The maximum absolute atomic E-state index is 11.6. The van der Waals surface area contributed by atoms with Crippen LogP contribution in [0.1, 0.15) is 6.42 Å². The smallest absolute Gasteiger partial charge is 0.257 e. The van der Waals surface area contributed by atoms with Crippen LogP contribution in [0.5, 0.6) is 5.75 Å². The Morgan fingerprint density at radius 3 is 2.67 bits per heavy atom. The molecule has 0 unspecified atom stereocenters. The summed E-state index contributed by atoms with van der Waals surface area (Å²) >= 11 is 11.5. The maximum Gasteiger partial charge on any atom is 0.257 e. The number of ether oxygens (including phenoxy) is 1. The van der Waals surface area contributed by atoms with Crippen molar-refractivity contribution in [2.24, 2.45) is 0 Å². The zero-order valence-corrected chi connectivity index (χ0v) is 12.8. The van der Waals surface area contributed by atoms with Crippen LogP contribution in [-0.4, -0.2) is 28.8 Å². The number of halogens is 2. The molecule has 2 aromatic rings. The van der Waals surface area contributed by atoms with Gasteiger partial charge in [-0.05, 0) is 30.7 Å². The number of rotatable bonds is 7. The Labute approximate surface area is 132 Å². The lowest BCUT2D eigenvalue weighted by Crippen LogP contribution is -2.30. The van der Waals surface area contributed by atoms with E-state index in [-0.39, 0.29) is 12.5 Å². The molecule has 0 radical (unpaired) electrons. The van der Waals surface area contributed by atoms with Gasteiger partial charge in [0.25, 0.3) is 5.91 Å². The molecule has 0 fully saturated rings. The molecule has 0 bridgehead atoms. The number of aromatic nitrogens is 2. The average Bonchev–Trinajstić information content (AvgIpc) is 2.89. The minimum absolute atomic E-state index is 0.0186. The second-order valence-corrected chi connectivity index (χ2v) is 5.24. The Kier molecular flexibility index (Phi) is 5.90. The van der Waals surface area contributed by atoms with E-state index < -0.39 is 0 Å². The topological polar surface area (TPSA) is 56.1 Å². The zero-order valence-electron chi connectivity index (χ0n) is 11.3. The van der Waals surface area contributed by atoms with Crippen LogP contribution in [0.25, 0.3) is 0 Å². The van der Waals surface area contributed by atoms with Crippen molar-refractivity contribution in [2.45, 2.75) is 13.0 Å². The zero-order chi connectivity index (χ0) is 15.1. The number of nitrogens with one attached hydrogen (secondary N) is 1. The van der Waals surface area contributed by atoms with Gasteiger partial charge in [0, 0.05) is 24.3 Å². The summed E-state index contributed by atoms with van der Waals surface area (Å²) in [5.74, 6) is 0.448. The monoisotopic (exact) mass is 327 g/mol. The van der Waals surface area contributed by atoms with Gasteiger partial charge in [0.05, 0.1) is 11.2 Å². The Morgan fingerprint density at radius 1 is 1.24 bits per heavy atom. The molecule has 1 aromatic carbocycles. The first kappa shape index (κ1) is 15.7. The van der Waals surface area contributed by atoms with Gasteiger partial charge in [-0.2, -0.15) is 5.10 Å². The summed E-state index contributed by atoms with van der Waals surface area (Å²) in [7, 11) is 0. The standard InChI is InChI=1S/C14H15Cl2N3O2/c15-11-2-4-13(5-3-11)21-10-14(20)17-6-1-7-19-9-12(16)8-18-19/h2-5,8-9H,1,6-7,10H2,(H,17,20). The molecule has 0 atom stereocenters.